The minimum Gasteiger partial charge on any atom is -0.508 e. The number of amides is 1. The van der Waals surface area contributed by atoms with Gasteiger partial charge in [-0.25, -0.2) is 4.98 Å². The number of anilines is 1. The molecule has 232 valence electrons. The fourth-order valence-corrected chi connectivity index (χ4v) is 5.23. The van der Waals surface area contributed by atoms with E-state index in [1.807, 2.05) is 11.9 Å². The van der Waals surface area contributed by atoms with Crippen LogP contribution in [0, 0.1) is 6.92 Å². The first-order valence-corrected chi connectivity index (χ1v) is 14.4. The Bertz CT molecular complexity index is 1860. The van der Waals surface area contributed by atoms with Crippen molar-refractivity contribution in [2.75, 3.05) is 38.5 Å². The SMILES string of the molecule is Cc1ccc(C(=O)Nc2ccc(CN3CCN(C)CC3)c(C(F)(F)F)c2)cc1Oc1nc(-c2cccc(O)c2)nc2cc[nH]c12. The van der Waals surface area contributed by atoms with Gasteiger partial charge in [0, 0.05) is 55.7 Å². The summed E-state index contributed by atoms with van der Waals surface area (Å²) in [6.45, 7) is 4.94. The average molecular weight is 617 g/mol. The van der Waals surface area contributed by atoms with Gasteiger partial charge in [0.1, 0.15) is 17.0 Å². The lowest BCUT2D eigenvalue weighted by Crippen LogP contribution is -2.44. The third kappa shape index (κ3) is 6.76. The zero-order chi connectivity index (χ0) is 31.7. The largest absolute Gasteiger partial charge is 0.508 e. The summed E-state index contributed by atoms with van der Waals surface area (Å²) in [5, 5.41) is 12.5. The van der Waals surface area contributed by atoms with Crippen LogP contribution in [0.15, 0.2) is 72.9 Å². The van der Waals surface area contributed by atoms with E-state index in [1.54, 1.807) is 49.5 Å². The number of ether oxygens (including phenoxy) is 1. The van der Waals surface area contributed by atoms with E-state index in [0.717, 1.165) is 19.2 Å². The van der Waals surface area contributed by atoms with E-state index in [2.05, 4.69) is 25.2 Å². The van der Waals surface area contributed by atoms with Gasteiger partial charge in [0.15, 0.2) is 5.82 Å². The Labute approximate surface area is 257 Å². The van der Waals surface area contributed by atoms with Crippen LogP contribution in [0.4, 0.5) is 18.9 Å². The molecule has 0 unspecified atom stereocenters. The van der Waals surface area contributed by atoms with Gasteiger partial charge in [-0.05, 0) is 67.6 Å². The van der Waals surface area contributed by atoms with Gasteiger partial charge in [0.25, 0.3) is 5.91 Å². The summed E-state index contributed by atoms with van der Waals surface area (Å²) in [5.74, 6) is 0.339. The highest BCUT2D eigenvalue weighted by atomic mass is 19.4. The van der Waals surface area contributed by atoms with Crippen molar-refractivity contribution in [1.82, 2.24) is 24.8 Å². The molecule has 0 atom stereocenters. The van der Waals surface area contributed by atoms with E-state index >= 15 is 0 Å². The first-order chi connectivity index (χ1) is 21.5. The molecule has 0 bridgehead atoms. The maximum atomic E-state index is 14.1. The molecule has 3 aromatic carbocycles. The molecule has 2 aromatic heterocycles. The number of aromatic amines is 1. The molecule has 5 aromatic rings. The number of rotatable bonds is 7. The minimum atomic E-state index is -4.58. The number of phenolic OH excluding ortho intramolecular Hbond substituents is 1. The molecule has 0 aliphatic carbocycles. The number of halogens is 3. The zero-order valence-corrected chi connectivity index (χ0v) is 24.7. The molecule has 1 aliphatic heterocycles. The minimum absolute atomic E-state index is 0.0390. The lowest BCUT2D eigenvalue weighted by molar-refractivity contribution is -0.138. The van der Waals surface area contributed by atoms with E-state index < -0.39 is 17.6 Å². The number of aromatic nitrogens is 3. The summed E-state index contributed by atoms with van der Waals surface area (Å²) in [4.78, 5) is 29.6. The number of hydrogen-bond donors (Lipinski definition) is 3. The normalized spacial score (nSPS) is 14.5. The molecule has 9 nitrogen and oxygen atoms in total. The van der Waals surface area contributed by atoms with Crippen LogP contribution in [0.3, 0.4) is 0 Å². The quantitative estimate of drug-likeness (QED) is 0.193. The summed E-state index contributed by atoms with van der Waals surface area (Å²) < 4.78 is 48.4. The first kappa shape index (κ1) is 30.1. The van der Waals surface area contributed by atoms with Gasteiger partial charge < -0.3 is 25.0 Å². The average Bonchev–Trinajstić information content (AvgIpc) is 3.49. The van der Waals surface area contributed by atoms with Gasteiger partial charge in [-0.2, -0.15) is 18.2 Å². The van der Waals surface area contributed by atoms with Crippen molar-refractivity contribution in [3.8, 4) is 28.8 Å². The number of alkyl halides is 3. The number of phenols is 1. The molecule has 1 amide bonds. The van der Waals surface area contributed by atoms with E-state index in [4.69, 9.17) is 4.74 Å². The van der Waals surface area contributed by atoms with Crippen molar-refractivity contribution in [3.05, 3.63) is 95.2 Å². The monoisotopic (exact) mass is 616 g/mol. The third-order valence-electron chi connectivity index (χ3n) is 7.80. The van der Waals surface area contributed by atoms with Gasteiger partial charge in [0.05, 0.1) is 11.1 Å². The van der Waals surface area contributed by atoms with Crippen LogP contribution in [-0.4, -0.2) is 69.0 Å². The number of carbonyl (C=O) groups is 1. The summed E-state index contributed by atoms with van der Waals surface area (Å²) in [6.07, 6.45) is -2.88. The Morgan fingerprint density at radius 1 is 1.02 bits per heavy atom. The van der Waals surface area contributed by atoms with Gasteiger partial charge in [-0.3, -0.25) is 9.69 Å². The van der Waals surface area contributed by atoms with Gasteiger partial charge >= 0.3 is 6.18 Å². The van der Waals surface area contributed by atoms with E-state index in [-0.39, 0.29) is 35.0 Å². The highest BCUT2D eigenvalue weighted by molar-refractivity contribution is 6.04. The van der Waals surface area contributed by atoms with E-state index in [0.29, 0.717) is 46.8 Å². The fourth-order valence-electron chi connectivity index (χ4n) is 5.23. The maximum absolute atomic E-state index is 14.1. The summed E-state index contributed by atoms with van der Waals surface area (Å²) in [6, 6.07) is 17.0. The van der Waals surface area contributed by atoms with Crippen molar-refractivity contribution in [1.29, 1.82) is 0 Å². The second-order valence-corrected chi connectivity index (χ2v) is 11.1. The van der Waals surface area contributed by atoms with Gasteiger partial charge in [-0.1, -0.05) is 24.3 Å². The molecular formula is C33H31F3N6O3. The number of H-pyrrole nitrogens is 1. The highest BCUT2D eigenvalue weighted by Gasteiger charge is 2.34. The van der Waals surface area contributed by atoms with Crippen LogP contribution >= 0.6 is 0 Å². The Hall–Kier alpha value is -4.94. The molecule has 0 radical (unpaired) electrons. The molecule has 12 heteroatoms. The Morgan fingerprint density at radius 2 is 1.82 bits per heavy atom. The van der Waals surface area contributed by atoms with Crippen molar-refractivity contribution in [3.63, 3.8) is 0 Å². The van der Waals surface area contributed by atoms with Crippen LogP contribution in [-0.2, 0) is 12.7 Å². The first-order valence-electron chi connectivity index (χ1n) is 14.4. The number of carbonyl (C=O) groups excluding carboxylic acids is 1. The van der Waals surface area contributed by atoms with Crippen LogP contribution in [0.2, 0.25) is 0 Å². The van der Waals surface area contributed by atoms with Crippen LogP contribution < -0.4 is 10.1 Å². The second kappa shape index (κ2) is 12.2. The molecule has 1 saturated heterocycles. The van der Waals surface area contributed by atoms with Crippen molar-refractivity contribution < 1.29 is 27.8 Å². The molecule has 6 rings (SSSR count). The number of piperazine rings is 1. The molecular weight excluding hydrogens is 585 g/mol. The number of benzene rings is 3. The van der Waals surface area contributed by atoms with Crippen LogP contribution in [0.25, 0.3) is 22.4 Å². The predicted molar refractivity (Wildman–Crippen MR) is 164 cm³/mol. The highest BCUT2D eigenvalue weighted by Crippen LogP contribution is 2.35. The fraction of sp³-hybridized carbons (Fsp3) is 0.242. The lowest BCUT2D eigenvalue weighted by atomic mass is 10.0. The van der Waals surface area contributed by atoms with Crippen LogP contribution in [0.1, 0.15) is 27.0 Å². The standard InChI is InChI=1S/C33H31F3N6O3/c1-20-6-7-22(17-28(20)45-32-29-27(10-11-37-29)39-30(40-32)21-4-3-5-25(43)16-21)31(44)38-24-9-8-23(26(18-24)33(34,35)36)19-42-14-12-41(2)13-15-42/h3-11,16-18,37,43H,12-15,19H2,1-2H3,(H,38,44). The molecule has 3 N–H and O–H groups in total. The molecule has 1 fully saturated rings. The number of nitrogens with one attached hydrogen (secondary N) is 2. The Kier molecular flexibility index (Phi) is 8.17. The van der Waals surface area contributed by atoms with E-state index in [9.17, 15) is 23.1 Å². The van der Waals surface area contributed by atoms with Gasteiger partial charge in [0.2, 0.25) is 5.88 Å². The number of aromatic hydroxyl groups is 1. The molecule has 0 saturated carbocycles. The van der Waals surface area contributed by atoms with Crippen molar-refractivity contribution in [2.24, 2.45) is 0 Å². The number of aryl methyl sites for hydroxylation is 1. The number of likely N-dealkylation sites (N-methyl/N-ethyl adjacent to an activating group) is 1. The molecule has 3 heterocycles. The summed E-state index contributed by atoms with van der Waals surface area (Å²) >= 11 is 0. The predicted octanol–water partition coefficient (Wildman–Crippen LogP) is 6.45. The number of nitrogens with zero attached hydrogens (tertiary/aromatic N) is 4. The van der Waals surface area contributed by atoms with Crippen LogP contribution in [0.5, 0.6) is 17.4 Å². The number of fused-ring (bicyclic) bond motifs is 1. The Balaban J connectivity index is 1.24. The molecule has 0 spiro atoms. The molecule has 1 aliphatic rings. The summed E-state index contributed by atoms with van der Waals surface area (Å²) in [5.41, 5.74) is 2.03. The van der Waals surface area contributed by atoms with Crippen molar-refractivity contribution >= 4 is 22.6 Å². The topological polar surface area (TPSA) is 107 Å². The summed E-state index contributed by atoms with van der Waals surface area (Å²) in [7, 11) is 1.99. The Morgan fingerprint density at radius 3 is 2.58 bits per heavy atom. The zero-order valence-electron chi connectivity index (χ0n) is 24.7. The lowest BCUT2D eigenvalue weighted by Gasteiger charge is -2.33. The smallest absolute Gasteiger partial charge is 0.416 e. The second-order valence-electron chi connectivity index (χ2n) is 11.1. The molecule has 45 heavy (non-hydrogen) atoms. The van der Waals surface area contributed by atoms with Gasteiger partial charge in [-0.15, -0.1) is 0 Å². The van der Waals surface area contributed by atoms with E-state index in [1.165, 1.54) is 24.3 Å². The maximum Gasteiger partial charge on any atom is 0.416 e. The third-order valence-corrected chi connectivity index (χ3v) is 7.80. The van der Waals surface area contributed by atoms with Crippen molar-refractivity contribution in [2.45, 2.75) is 19.6 Å². The number of hydrogen-bond acceptors (Lipinski definition) is 7.